The van der Waals surface area contributed by atoms with Crippen molar-refractivity contribution in [2.75, 3.05) is 5.32 Å². The summed E-state index contributed by atoms with van der Waals surface area (Å²) in [5, 5.41) is 5.41. The van der Waals surface area contributed by atoms with Gasteiger partial charge >= 0.3 is 0 Å². The molecule has 0 spiro atoms. The molecule has 1 aromatic carbocycles. The average Bonchev–Trinajstić information content (AvgIpc) is 3.17. The van der Waals surface area contributed by atoms with Crippen molar-refractivity contribution in [3.8, 4) is 5.75 Å². The lowest BCUT2D eigenvalue weighted by atomic mass is 10.2. The van der Waals surface area contributed by atoms with E-state index in [1.165, 1.54) is 16.2 Å². The van der Waals surface area contributed by atoms with Gasteiger partial charge in [-0.1, -0.05) is 6.07 Å². The first kappa shape index (κ1) is 14.7. The van der Waals surface area contributed by atoms with Gasteiger partial charge in [-0.2, -0.15) is 0 Å². The number of carbonyl (C=O) groups excluding carboxylic acids is 1. The summed E-state index contributed by atoms with van der Waals surface area (Å²) in [5.41, 5.74) is 0.580. The number of amides is 1. The Hall–Kier alpha value is -2.18. The first-order valence-electron chi connectivity index (χ1n) is 6.70. The lowest BCUT2D eigenvalue weighted by molar-refractivity contribution is 0.102. The number of thiophene rings is 1. The lowest BCUT2D eigenvalue weighted by Crippen LogP contribution is -2.11. The van der Waals surface area contributed by atoms with Crippen LogP contribution in [-0.2, 0) is 6.61 Å². The maximum atomic E-state index is 12.1. The van der Waals surface area contributed by atoms with E-state index in [2.05, 4.69) is 10.3 Å². The number of rotatable bonds is 5. The standard InChI is InChI=1S/C16H14N2O2S2/c1-11-9-17-16(22-11)18-15(19)12-4-6-13(7-5-12)20-10-14-3-2-8-21-14/h2-9H,10H2,1H3,(H,17,18,19). The van der Waals surface area contributed by atoms with Crippen molar-refractivity contribution in [2.24, 2.45) is 0 Å². The highest BCUT2D eigenvalue weighted by Gasteiger charge is 2.08. The molecule has 0 unspecified atom stereocenters. The Kier molecular flexibility index (Phi) is 4.50. The van der Waals surface area contributed by atoms with Crippen molar-refractivity contribution in [1.82, 2.24) is 4.98 Å². The number of ether oxygens (including phenoxy) is 1. The van der Waals surface area contributed by atoms with Gasteiger partial charge in [0.05, 0.1) is 0 Å². The van der Waals surface area contributed by atoms with Gasteiger partial charge in [0.1, 0.15) is 12.4 Å². The van der Waals surface area contributed by atoms with Crippen molar-refractivity contribution in [2.45, 2.75) is 13.5 Å². The molecule has 0 aliphatic carbocycles. The van der Waals surface area contributed by atoms with Crippen LogP contribution in [0.3, 0.4) is 0 Å². The van der Waals surface area contributed by atoms with Crippen LogP contribution in [0.25, 0.3) is 0 Å². The van der Waals surface area contributed by atoms with Crippen molar-refractivity contribution in [3.05, 3.63) is 63.3 Å². The van der Waals surface area contributed by atoms with E-state index in [0.717, 1.165) is 10.6 Å². The molecular formula is C16H14N2O2S2. The SMILES string of the molecule is Cc1cnc(NC(=O)c2ccc(OCc3cccs3)cc2)s1. The molecule has 0 saturated carbocycles. The zero-order chi connectivity index (χ0) is 15.4. The van der Waals surface area contributed by atoms with Gasteiger partial charge in [0, 0.05) is 21.5 Å². The molecule has 4 nitrogen and oxygen atoms in total. The molecule has 2 heterocycles. The number of aromatic nitrogens is 1. The Morgan fingerprint density at radius 3 is 2.73 bits per heavy atom. The number of hydrogen-bond donors (Lipinski definition) is 1. The summed E-state index contributed by atoms with van der Waals surface area (Å²) in [7, 11) is 0. The van der Waals surface area contributed by atoms with E-state index in [9.17, 15) is 4.79 Å². The average molecular weight is 330 g/mol. The van der Waals surface area contributed by atoms with Crippen molar-refractivity contribution in [3.63, 3.8) is 0 Å². The Labute approximate surface area is 136 Å². The normalized spacial score (nSPS) is 10.4. The summed E-state index contributed by atoms with van der Waals surface area (Å²) in [6.45, 7) is 2.49. The van der Waals surface area contributed by atoms with Gasteiger partial charge in [-0.25, -0.2) is 4.98 Å². The van der Waals surface area contributed by atoms with Crippen LogP contribution in [-0.4, -0.2) is 10.9 Å². The molecule has 0 saturated heterocycles. The van der Waals surface area contributed by atoms with Gasteiger partial charge in [-0.05, 0) is 42.6 Å². The largest absolute Gasteiger partial charge is 0.488 e. The van der Waals surface area contributed by atoms with Crippen LogP contribution in [0.1, 0.15) is 20.1 Å². The van der Waals surface area contributed by atoms with Crippen molar-refractivity contribution in [1.29, 1.82) is 0 Å². The van der Waals surface area contributed by atoms with Gasteiger partial charge in [-0.3, -0.25) is 10.1 Å². The molecular weight excluding hydrogens is 316 g/mol. The molecule has 3 rings (SSSR count). The number of benzene rings is 1. The number of anilines is 1. The van der Waals surface area contributed by atoms with E-state index in [0.29, 0.717) is 17.3 Å². The summed E-state index contributed by atoms with van der Waals surface area (Å²) in [5.74, 6) is 0.578. The fourth-order valence-corrected chi connectivity index (χ4v) is 3.11. The summed E-state index contributed by atoms with van der Waals surface area (Å²) in [4.78, 5) is 18.4. The second-order valence-electron chi connectivity index (χ2n) is 4.62. The highest BCUT2D eigenvalue weighted by Crippen LogP contribution is 2.19. The van der Waals surface area contributed by atoms with Crippen LogP contribution >= 0.6 is 22.7 Å². The zero-order valence-corrected chi connectivity index (χ0v) is 13.5. The van der Waals surface area contributed by atoms with E-state index < -0.39 is 0 Å². The van der Waals surface area contributed by atoms with Gasteiger partial charge in [0.2, 0.25) is 0 Å². The van der Waals surface area contributed by atoms with E-state index in [-0.39, 0.29) is 5.91 Å². The maximum absolute atomic E-state index is 12.1. The van der Waals surface area contributed by atoms with Gasteiger partial charge in [-0.15, -0.1) is 22.7 Å². The highest BCUT2D eigenvalue weighted by atomic mass is 32.1. The van der Waals surface area contributed by atoms with Gasteiger partial charge in [0.15, 0.2) is 5.13 Å². The second kappa shape index (κ2) is 6.72. The number of nitrogens with one attached hydrogen (secondary N) is 1. The van der Waals surface area contributed by atoms with E-state index >= 15 is 0 Å². The fourth-order valence-electron chi connectivity index (χ4n) is 1.83. The molecule has 3 aromatic rings. The third-order valence-corrected chi connectivity index (χ3v) is 4.60. The van der Waals surface area contributed by atoms with Crippen molar-refractivity contribution < 1.29 is 9.53 Å². The highest BCUT2D eigenvalue weighted by molar-refractivity contribution is 7.15. The molecule has 0 atom stereocenters. The Morgan fingerprint density at radius 1 is 1.27 bits per heavy atom. The molecule has 0 bridgehead atoms. The predicted octanol–water partition coefficient (Wildman–Crippen LogP) is 4.34. The molecule has 0 aliphatic heterocycles. The lowest BCUT2D eigenvalue weighted by Gasteiger charge is -2.06. The smallest absolute Gasteiger partial charge is 0.257 e. The summed E-state index contributed by atoms with van der Waals surface area (Å²) < 4.78 is 5.68. The van der Waals surface area contributed by atoms with E-state index in [1.54, 1.807) is 41.8 Å². The third-order valence-electron chi connectivity index (χ3n) is 2.92. The van der Waals surface area contributed by atoms with Crippen LogP contribution in [0.4, 0.5) is 5.13 Å². The summed E-state index contributed by atoms with van der Waals surface area (Å²) >= 11 is 3.11. The molecule has 1 N–H and O–H groups in total. The molecule has 1 amide bonds. The molecule has 0 aliphatic rings. The number of thiazole rings is 1. The van der Waals surface area contributed by atoms with Gasteiger partial charge < -0.3 is 4.74 Å². The van der Waals surface area contributed by atoms with Crippen LogP contribution in [0.15, 0.2) is 48.0 Å². The summed E-state index contributed by atoms with van der Waals surface area (Å²) in [6, 6.07) is 11.1. The van der Waals surface area contributed by atoms with Crippen LogP contribution in [0.5, 0.6) is 5.75 Å². The molecule has 22 heavy (non-hydrogen) atoms. The zero-order valence-electron chi connectivity index (χ0n) is 11.9. The molecule has 112 valence electrons. The summed E-state index contributed by atoms with van der Waals surface area (Å²) in [6.07, 6.45) is 1.74. The molecule has 0 fully saturated rings. The fraction of sp³-hybridized carbons (Fsp3) is 0.125. The number of carbonyl (C=O) groups is 1. The molecule has 2 aromatic heterocycles. The second-order valence-corrected chi connectivity index (χ2v) is 6.89. The molecule has 0 radical (unpaired) electrons. The van der Waals surface area contributed by atoms with Crippen LogP contribution in [0, 0.1) is 6.92 Å². The van der Waals surface area contributed by atoms with Gasteiger partial charge in [0.25, 0.3) is 5.91 Å². The van der Waals surface area contributed by atoms with E-state index in [4.69, 9.17) is 4.74 Å². The Bertz CT molecular complexity index is 749. The maximum Gasteiger partial charge on any atom is 0.257 e. The minimum absolute atomic E-state index is 0.167. The minimum Gasteiger partial charge on any atom is -0.488 e. The van der Waals surface area contributed by atoms with Crippen LogP contribution < -0.4 is 10.1 Å². The monoisotopic (exact) mass is 330 g/mol. The quantitative estimate of drug-likeness (QED) is 0.757. The third kappa shape index (κ3) is 3.72. The molecule has 6 heteroatoms. The predicted molar refractivity (Wildman–Crippen MR) is 89.9 cm³/mol. The minimum atomic E-state index is -0.167. The number of aryl methyl sites for hydroxylation is 1. The first-order chi connectivity index (χ1) is 10.7. The first-order valence-corrected chi connectivity index (χ1v) is 8.39. The number of nitrogens with zero attached hydrogens (tertiary/aromatic N) is 1. The topological polar surface area (TPSA) is 51.2 Å². The number of hydrogen-bond acceptors (Lipinski definition) is 5. The van der Waals surface area contributed by atoms with Crippen LogP contribution in [0.2, 0.25) is 0 Å². The van der Waals surface area contributed by atoms with Crippen molar-refractivity contribution >= 4 is 33.7 Å². The Morgan fingerprint density at radius 2 is 2.09 bits per heavy atom. The Balaban J connectivity index is 1.59. The van der Waals surface area contributed by atoms with E-state index in [1.807, 2.05) is 24.4 Å².